The lowest BCUT2D eigenvalue weighted by atomic mass is 9.98. The SMILES string of the molecule is CCN(CC)CCC1=C(Cc2ccccc2)Cc2ccccc21. The van der Waals surface area contributed by atoms with Crippen LogP contribution in [-0.4, -0.2) is 24.5 Å². The highest BCUT2D eigenvalue weighted by Gasteiger charge is 2.21. The van der Waals surface area contributed by atoms with Gasteiger partial charge in [-0.25, -0.2) is 0 Å². The number of nitrogens with zero attached hydrogens (tertiary/aromatic N) is 1. The van der Waals surface area contributed by atoms with Crippen molar-refractivity contribution >= 4 is 5.57 Å². The first kappa shape index (κ1) is 16.0. The molecule has 3 rings (SSSR count). The molecule has 1 nitrogen and oxygen atoms in total. The molecule has 0 fully saturated rings. The van der Waals surface area contributed by atoms with Crippen LogP contribution in [0.4, 0.5) is 0 Å². The minimum atomic E-state index is 1.09. The number of fused-ring (bicyclic) bond motifs is 1. The molecular weight excluding hydrogens is 278 g/mol. The molecule has 0 radical (unpaired) electrons. The zero-order chi connectivity index (χ0) is 16.1. The van der Waals surface area contributed by atoms with Gasteiger partial charge in [0.15, 0.2) is 0 Å². The molecule has 0 aliphatic heterocycles. The summed E-state index contributed by atoms with van der Waals surface area (Å²) < 4.78 is 0. The number of rotatable bonds is 7. The Morgan fingerprint density at radius 2 is 1.57 bits per heavy atom. The van der Waals surface area contributed by atoms with E-state index in [2.05, 4.69) is 73.3 Å². The molecular formula is C22H27N. The quantitative estimate of drug-likeness (QED) is 0.698. The molecule has 0 bridgehead atoms. The fourth-order valence-electron chi connectivity index (χ4n) is 3.63. The fourth-order valence-corrected chi connectivity index (χ4v) is 3.63. The van der Waals surface area contributed by atoms with E-state index in [-0.39, 0.29) is 0 Å². The van der Waals surface area contributed by atoms with E-state index in [1.807, 2.05) is 0 Å². The first-order valence-electron chi connectivity index (χ1n) is 8.87. The Hall–Kier alpha value is -1.86. The third-order valence-corrected chi connectivity index (χ3v) is 5.01. The Morgan fingerprint density at radius 1 is 0.870 bits per heavy atom. The Balaban J connectivity index is 1.84. The van der Waals surface area contributed by atoms with Gasteiger partial charge in [-0.2, -0.15) is 0 Å². The van der Waals surface area contributed by atoms with Crippen molar-refractivity contribution in [2.75, 3.05) is 19.6 Å². The molecule has 2 aromatic carbocycles. The lowest BCUT2D eigenvalue weighted by Crippen LogP contribution is -2.24. The monoisotopic (exact) mass is 305 g/mol. The molecule has 0 spiro atoms. The molecule has 0 heterocycles. The van der Waals surface area contributed by atoms with E-state index in [1.165, 1.54) is 23.1 Å². The van der Waals surface area contributed by atoms with Gasteiger partial charge in [0, 0.05) is 6.54 Å². The summed E-state index contributed by atoms with van der Waals surface area (Å²) in [5.41, 5.74) is 7.63. The third-order valence-electron chi connectivity index (χ3n) is 5.01. The topological polar surface area (TPSA) is 3.24 Å². The molecule has 23 heavy (non-hydrogen) atoms. The second-order valence-corrected chi connectivity index (χ2v) is 6.36. The fraction of sp³-hybridized carbons (Fsp3) is 0.364. The van der Waals surface area contributed by atoms with Crippen LogP contribution >= 0.6 is 0 Å². The van der Waals surface area contributed by atoms with E-state index >= 15 is 0 Å². The highest BCUT2D eigenvalue weighted by atomic mass is 15.1. The van der Waals surface area contributed by atoms with Crippen molar-refractivity contribution in [2.24, 2.45) is 0 Å². The summed E-state index contributed by atoms with van der Waals surface area (Å²) in [5, 5.41) is 0. The van der Waals surface area contributed by atoms with Crippen LogP contribution in [0.15, 0.2) is 60.2 Å². The van der Waals surface area contributed by atoms with Crippen LogP contribution in [0.3, 0.4) is 0 Å². The molecule has 1 aliphatic carbocycles. The summed E-state index contributed by atoms with van der Waals surface area (Å²) in [6, 6.07) is 19.9. The highest BCUT2D eigenvalue weighted by molar-refractivity contribution is 5.76. The molecule has 120 valence electrons. The van der Waals surface area contributed by atoms with Crippen molar-refractivity contribution in [2.45, 2.75) is 33.1 Å². The van der Waals surface area contributed by atoms with Crippen LogP contribution in [0.5, 0.6) is 0 Å². The zero-order valence-corrected chi connectivity index (χ0v) is 14.4. The standard InChI is InChI=1S/C22H27N/c1-3-23(4-2)15-14-22-20(16-18-10-6-5-7-11-18)17-19-12-8-9-13-21(19)22/h5-13H,3-4,14-17H2,1-2H3. The first-order chi connectivity index (χ1) is 11.3. The van der Waals surface area contributed by atoms with E-state index in [9.17, 15) is 0 Å². The summed E-state index contributed by atoms with van der Waals surface area (Å²) in [4.78, 5) is 2.52. The molecule has 0 aromatic heterocycles. The summed E-state index contributed by atoms with van der Waals surface area (Å²) in [5.74, 6) is 0. The van der Waals surface area contributed by atoms with Gasteiger partial charge < -0.3 is 4.90 Å². The van der Waals surface area contributed by atoms with Gasteiger partial charge >= 0.3 is 0 Å². The summed E-state index contributed by atoms with van der Waals surface area (Å²) >= 11 is 0. The zero-order valence-electron chi connectivity index (χ0n) is 14.4. The normalized spacial score (nSPS) is 13.7. The predicted octanol–water partition coefficient (Wildman–Crippen LogP) is 4.97. The van der Waals surface area contributed by atoms with Crippen molar-refractivity contribution in [1.29, 1.82) is 0 Å². The predicted molar refractivity (Wildman–Crippen MR) is 99.6 cm³/mol. The molecule has 1 heteroatoms. The first-order valence-corrected chi connectivity index (χ1v) is 8.87. The van der Waals surface area contributed by atoms with Crippen molar-refractivity contribution < 1.29 is 0 Å². The van der Waals surface area contributed by atoms with Crippen LogP contribution in [-0.2, 0) is 12.8 Å². The minimum Gasteiger partial charge on any atom is -0.304 e. The van der Waals surface area contributed by atoms with Crippen molar-refractivity contribution in [1.82, 2.24) is 4.90 Å². The highest BCUT2D eigenvalue weighted by Crippen LogP contribution is 2.36. The lowest BCUT2D eigenvalue weighted by Gasteiger charge is -2.19. The molecule has 0 saturated heterocycles. The average molecular weight is 305 g/mol. The van der Waals surface area contributed by atoms with Crippen LogP contribution in [0.2, 0.25) is 0 Å². The molecule has 1 aliphatic rings. The van der Waals surface area contributed by atoms with Gasteiger partial charge in [0.1, 0.15) is 0 Å². The van der Waals surface area contributed by atoms with E-state index in [4.69, 9.17) is 0 Å². The maximum Gasteiger partial charge on any atom is 0.00218 e. The number of benzene rings is 2. The van der Waals surface area contributed by atoms with Gasteiger partial charge in [-0.3, -0.25) is 0 Å². The number of allylic oxidation sites excluding steroid dienone is 1. The Bertz CT molecular complexity index is 665. The van der Waals surface area contributed by atoms with E-state index in [0.717, 1.165) is 32.5 Å². The third kappa shape index (κ3) is 3.73. The average Bonchev–Trinajstić information content (AvgIpc) is 2.94. The van der Waals surface area contributed by atoms with Gasteiger partial charge in [0.05, 0.1) is 0 Å². The van der Waals surface area contributed by atoms with Gasteiger partial charge in [0.2, 0.25) is 0 Å². The van der Waals surface area contributed by atoms with Crippen LogP contribution < -0.4 is 0 Å². The second kappa shape index (κ2) is 7.61. The summed E-state index contributed by atoms with van der Waals surface area (Å²) in [6.45, 7) is 7.95. The molecule has 0 unspecified atom stereocenters. The van der Waals surface area contributed by atoms with Crippen LogP contribution in [0.25, 0.3) is 5.57 Å². The van der Waals surface area contributed by atoms with Crippen LogP contribution in [0, 0.1) is 0 Å². The maximum absolute atomic E-state index is 2.52. The Labute approximate surface area is 140 Å². The molecule has 0 amide bonds. The van der Waals surface area contributed by atoms with Gasteiger partial charge in [-0.15, -0.1) is 0 Å². The Morgan fingerprint density at radius 3 is 2.30 bits per heavy atom. The van der Waals surface area contributed by atoms with E-state index in [0.29, 0.717) is 0 Å². The Kier molecular flexibility index (Phi) is 5.30. The van der Waals surface area contributed by atoms with E-state index < -0.39 is 0 Å². The molecule has 2 aromatic rings. The van der Waals surface area contributed by atoms with Crippen molar-refractivity contribution in [3.8, 4) is 0 Å². The molecule has 0 N–H and O–H groups in total. The van der Waals surface area contributed by atoms with Gasteiger partial charge in [-0.05, 0) is 54.6 Å². The lowest BCUT2D eigenvalue weighted by molar-refractivity contribution is 0.311. The summed E-state index contributed by atoms with van der Waals surface area (Å²) in [6.07, 6.45) is 3.38. The molecule has 0 atom stereocenters. The maximum atomic E-state index is 2.52. The minimum absolute atomic E-state index is 1.09. The van der Waals surface area contributed by atoms with Crippen molar-refractivity contribution in [3.05, 3.63) is 76.9 Å². The number of hydrogen-bond acceptors (Lipinski definition) is 1. The molecule has 0 saturated carbocycles. The summed E-state index contributed by atoms with van der Waals surface area (Å²) in [7, 11) is 0. The van der Waals surface area contributed by atoms with Gasteiger partial charge in [0.25, 0.3) is 0 Å². The van der Waals surface area contributed by atoms with Gasteiger partial charge in [-0.1, -0.05) is 74.0 Å². The van der Waals surface area contributed by atoms with Crippen molar-refractivity contribution in [3.63, 3.8) is 0 Å². The second-order valence-electron chi connectivity index (χ2n) is 6.36. The smallest absolute Gasteiger partial charge is 0.00218 e. The van der Waals surface area contributed by atoms with E-state index in [1.54, 1.807) is 11.1 Å². The van der Waals surface area contributed by atoms with Crippen LogP contribution in [0.1, 0.15) is 37.0 Å². The largest absolute Gasteiger partial charge is 0.304 e. The number of hydrogen-bond donors (Lipinski definition) is 0.